The number of nitrogens with one attached hydrogen (secondary N) is 1. The fraction of sp³-hybridized carbons (Fsp3) is 0.176. The molecule has 0 unspecified atom stereocenters. The van der Waals surface area contributed by atoms with Crippen LogP contribution >= 0.6 is 11.6 Å². The minimum absolute atomic E-state index is 0.102. The number of hydrogen-bond donors (Lipinski definition) is 1. The zero-order valence-corrected chi connectivity index (χ0v) is 13.4. The fourth-order valence-corrected chi connectivity index (χ4v) is 2.26. The SMILES string of the molecule is Cc1cc(C)cc(C(=O)OCC(=O)Nc2ccc(F)c(Cl)c2)c1. The Kier molecular flexibility index (Phi) is 5.34. The van der Waals surface area contributed by atoms with E-state index in [4.69, 9.17) is 16.3 Å². The minimum atomic E-state index is -0.580. The van der Waals surface area contributed by atoms with Crippen LogP contribution < -0.4 is 5.32 Å². The van der Waals surface area contributed by atoms with E-state index in [9.17, 15) is 14.0 Å². The first kappa shape index (κ1) is 17.0. The maximum atomic E-state index is 13.0. The van der Waals surface area contributed by atoms with E-state index < -0.39 is 24.3 Å². The third kappa shape index (κ3) is 4.79. The minimum Gasteiger partial charge on any atom is -0.452 e. The number of esters is 1. The second-order valence-electron chi connectivity index (χ2n) is 5.13. The van der Waals surface area contributed by atoms with Crippen molar-refractivity contribution in [2.24, 2.45) is 0 Å². The molecule has 1 N–H and O–H groups in total. The van der Waals surface area contributed by atoms with E-state index in [1.54, 1.807) is 12.1 Å². The van der Waals surface area contributed by atoms with Crippen molar-refractivity contribution in [2.75, 3.05) is 11.9 Å². The molecule has 2 aromatic rings. The number of benzene rings is 2. The van der Waals surface area contributed by atoms with Crippen molar-refractivity contribution >= 4 is 29.2 Å². The Morgan fingerprint density at radius 3 is 2.39 bits per heavy atom. The van der Waals surface area contributed by atoms with Gasteiger partial charge in [0.2, 0.25) is 0 Å². The molecule has 6 heteroatoms. The van der Waals surface area contributed by atoms with E-state index >= 15 is 0 Å². The number of carbonyl (C=O) groups is 2. The number of anilines is 1. The van der Waals surface area contributed by atoms with Crippen LogP contribution in [0.15, 0.2) is 36.4 Å². The van der Waals surface area contributed by atoms with Crippen LogP contribution in [0.25, 0.3) is 0 Å². The summed E-state index contributed by atoms with van der Waals surface area (Å²) in [6.07, 6.45) is 0. The van der Waals surface area contributed by atoms with Crippen molar-refractivity contribution in [1.82, 2.24) is 0 Å². The van der Waals surface area contributed by atoms with Crippen LogP contribution in [-0.4, -0.2) is 18.5 Å². The molecule has 2 aromatic carbocycles. The molecule has 4 nitrogen and oxygen atoms in total. The van der Waals surface area contributed by atoms with E-state index in [0.29, 0.717) is 11.3 Å². The zero-order chi connectivity index (χ0) is 17.0. The summed E-state index contributed by atoms with van der Waals surface area (Å²) >= 11 is 5.62. The number of rotatable bonds is 4. The highest BCUT2D eigenvalue weighted by Crippen LogP contribution is 2.19. The van der Waals surface area contributed by atoms with Gasteiger partial charge in [0.25, 0.3) is 5.91 Å². The average molecular weight is 336 g/mol. The quantitative estimate of drug-likeness (QED) is 0.862. The van der Waals surface area contributed by atoms with Crippen LogP contribution in [0.4, 0.5) is 10.1 Å². The lowest BCUT2D eigenvalue weighted by atomic mass is 10.1. The smallest absolute Gasteiger partial charge is 0.338 e. The van der Waals surface area contributed by atoms with E-state index in [1.165, 1.54) is 12.1 Å². The second kappa shape index (κ2) is 7.24. The van der Waals surface area contributed by atoms with Crippen LogP contribution in [0.5, 0.6) is 0 Å². The van der Waals surface area contributed by atoms with Crippen LogP contribution in [0, 0.1) is 19.7 Å². The highest BCUT2D eigenvalue weighted by molar-refractivity contribution is 6.31. The van der Waals surface area contributed by atoms with Crippen molar-refractivity contribution in [1.29, 1.82) is 0 Å². The molecule has 0 saturated heterocycles. The van der Waals surface area contributed by atoms with Crippen molar-refractivity contribution in [3.63, 3.8) is 0 Å². The fourth-order valence-electron chi connectivity index (χ4n) is 2.08. The number of ether oxygens (including phenoxy) is 1. The molecule has 0 saturated carbocycles. The van der Waals surface area contributed by atoms with Crippen LogP contribution in [-0.2, 0) is 9.53 Å². The summed E-state index contributed by atoms with van der Waals surface area (Å²) in [7, 11) is 0. The Balaban J connectivity index is 1.93. The predicted molar refractivity (Wildman–Crippen MR) is 86.2 cm³/mol. The largest absolute Gasteiger partial charge is 0.452 e. The molecule has 0 heterocycles. The molecule has 23 heavy (non-hydrogen) atoms. The summed E-state index contributed by atoms with van der Waals surface area (Å²) in [6.45, 7) is 3.30. The maximum absolute atomic E-state index is 13.0. The summed E-state index contributed by atoms with van der Waals surface area (Å²) < 4.78 is 18.0. The van der Waals surface area contributed by atoms with Gasteiger partial charge in [-0.15, -0.1) is 0 Å². The van der Waals surface area contributed by atoms with Crippen molar-refractivity contribution in [3.05, 3.63) is 63.9 Å². The van der Waals surface area contributed by atoms with Gasteiger partial charge in [-0.2, -0.15) is 0 Å². The van der Waals surface area contributed by atoms with Gasteiger partial charge >= 0.3 is 5.97 Å². The van der Waals surface area contributed by atoms with Crippen molar-refractivity contribution in [3.8, 4) is 0 Å². The molecule has 0 atom stereocenters. The zero-order valence-electron chi connectivity index (χ0n) is 12.7. The monoisotopic (exact) mass is 335 g/mol. The first-order chi connectivity index (χ1) is 10.8. The van der Waals surface area contributed by atoms with Gasteiger partial charge < -0.3 is 10.1 Å². The lowest BCUT2D eigenvalue weighted by Gasteiger charge is -2.08. The molecular formula is C17H15ClFNO3. The molecule has 0 aliphatic carbocycles. The second-order valence-corrected chi connectivity index (χ2v) is 5.54. The number of carbonyl (C=O) groups excluding carboxylic acids is 2. The molecule has 0 radical (unpaired) electrons. The summed E-state index contributed by atoms with van der Waals surface area (Å²) in [4.78, 5) is 23.7. The van der Waals surface area contributed by atoms with Gasteiger partial charge in [0.05, 0.1) is 10.6 Å². The molecule has 0 spiro atoms. The Labute approximate surface area is 138 Å². The molecule has 0 aromatic heterocycles. The Morgan fingerprint density at radius 1 is 1.13 bits per heavy atom. The highest BCUT2D eigenvalue weighted by atomic mass is 35.5. The van der Waals surface area contributed by atoms with Crippen LogP contribution in [0.3, 0.4) is 0 Å². The van der Waals surface area contributed by atoms with Crippen molar-refractivity contribution < 1.29 is 18.7 Å². The topological polar surface area (TPSA) is 55.4 Å². The molecule has 0 bridgehead atoms. The van der Waals surface area contributed by atoms with Crippen LogP contribution in [0.1, 0.15) is 21.5 Å². The predicted octanol–water partition coefficient (Wildman–Crippen LogP) is 3.89. The third-order valence-corrected chi connectivity index (χ3v) is 3.28. The van der Waals surface area contributed by atoms with Gasteiger partial charge in [0.1, 0.15) is 5.82 Å². The normalized spacial score (nSPS) is 10.3. The first-order valence-electron chi connectivity index (χ1n) is 6.85. The maximum Gasteiger partial charge on any atom is 0.338 e. The number of hydrogen-bond acceptors (Lipinski definition) is 3. The molecule has 1 amide bonds. The highest BCUT2D eigenvalue weighted by Gasteiger charge is 2.12. The van der Waals surface area contributed by atoms with Gasteiger partial charge in [-0.25, -0.2) is 9.18 Å². The Bertz CT molecular complexity index is 741. The lowest BCUT2D eigenvalue weighted by Crippen LogP contribution is -2.21. The molecule has 2 rings (SSSR count). The number of amides is 1. The summed E-state index contributed by atoms with van der Waals surface area (Å²) in [5.41, 5.74) is 2.58. The molecule has 0 fully saturated rings. The lowest BCUT2D eigenvalue weighted by molar-refractivity contribution is -0.119. The Hall–Kier alpha value is -2.40. The molecular weight excluding hydrogens is 321 g/mol. The molecule has 120 valence electrons. The summed E-state index contributed by atoms with van der Waals surface area (Å²) in [5, 5.41) is 2.37. The van der Waals surface area contributed by atoms with Gasteiger partial charge in [0, 0.05) is 5.69 Å². The summed E-state index contributed by atoms with van der Waals surface area (Å²) in [6, 6.07) is 9.09. The van der Waals surface area contributed by atoms with E-state index in [2.05, 4.69) is 5.32 Å². The standard InChI is InChI=1S/C17H15ClFNO3/c1-10-5-11(2)7-12(6-10)17(22)23-9-16(21)20-13-3-4-15(19)14(18)8-13/h3-8H,9H2,1-2H3,(H,20,21). The van der Waals surface area contributed by atoms with E-state index in [1.807, 2.05) is 19.9 Å². The average Bonchev–Trinajstić information content (AvgIpc) is 2.47. The van der Waals surface area contributed by atoms with Gasteiger partial charge in [-0.3, -0.25) is 4.79 Å². The summed E-state index contributed by atoms with van der Waals surface area (Å²) in [5.74, 6) is -1.69. The Morgan fingerprint density at radius 2 is 1.78 bits per heavy atom. The van der Waals surface area contributed by atoms with Crippen LogP contribution in [0.2, 0.25) is 5.02 Å². The molecule has 0 aliphatic heterocycles. The number of aryl methyl sites for hydroxylation is 2. The van der Waals surface area contributed by atoms with Gasteiger partial charge in [-0.1, -0.05) is 28.8 Å². The first-order valence-corrected chi connectivity index (χ1v) is 7.23. The van der Waals surface area contributed by atoms with E-state index in [-0.39, 0.29) is 5.02 Å². The van der Waals surface area contributed by atoms with Gasteiger partial charge in [-0.05, 0) is 44.2 Å². The number of halogens is 2. The van der Waals surface area contributed by atoms with Crippen molar-refractivity contribution in [2.45, 2.75) is 13.8 Å². The third-order valence-electron chi connectivity index (χ3n) is 3.00. The molecule has 0 aliphatic rings. The van der Waals surface area contributed by atoms with E-state index in [0.717, 1.165) is 17.2 Å². The van der Waals surface area contributed by atoms with Gasteiger partial charge in [0.15, 0.2) is 6.61 Å².